The van der Waals surface area contributed by atoms with Gasteiger partial charge in [0.1, 0.15) is 5.82 Å². The number of aliphatic hydroxyl groups excluding tert-OH is 1. The molecule has 2 N–H and O–H groups in total. The number of hydrogen-bond acceptors (Lipinski definition) is 6. The van der Waals surface area contributed by atoms with Crippen molar-refractivity contribution in [2.45, 2.75) is 19.9 Å². The minimum atomic E-state index is 0.247. The molecule has 20 heavy (non-hydrogen) atoms. The molecule has 0 radical (unpaired) electrons. The molecule has 1 fully saturated rings. The van der Waals surface area contributed by atoms with Gasteiger partial charge < -0.3 is 10.4 Å². The van der Waals surface area contributed by atoms with Crippen molar-refractivity contribution in [1.29, 1.82) is 0 Å². The van der Waals surface area contributed by atoms with Crippen molar-refractivity contribution in [3.05, 3.63) is 18.1 Å². The molecular formula is C14H25N5O. The second kappa shape index (κ2) is 8.14. The van der Waals surface area contributed by atoms with E-state index in [4.69, 9.17) is 5.11 Å². The van der Waals surface area contributed by atoms with Crippen LogP contribution < -0.4 is 5.32 Å². The molecule has 0 aromatic carbocycles. The first kappa shape index (κ1) is 15.2. The second-order valence-corrected chi connectivity index (χ2v) is 5.12. The van der Waals surface area contributed by atoms with Crippen LogP contribution in [0.4, 0.5) is 5.82 Å². The first-order valence-electron chi connectivity index (χ1n) is 7.42. The Morgan fingerprint density at radius 3 is 2.65 bits per heavy atom. The van der Waals surface area contributed by atoms with Crippen molar-refractivity contribution in [3.63, 3.8) is 0 Å². The summed E-state index contributed by atoms with van der Waals surface area (Å²) in [5, 5.41) is 12.2. The molecule has 6 heteroatoms. The summed E-state index contributed by atoms with van der Waals surface area (Å²) in [4.78, 5) is 13.5. The molecule has 0 aliphatic carbocycles. The fraction of sp³-hybridized carbons (Fsp3) is 0.714. The molecule has 1 saturated heterocycles. The van der Waals surface area contributed by atoms with Crippen LogP contribution in [0.2, 0.25) is 0 Å². The molecule has 1 aliphatic rings. The standard InChI is InChI=1S/C14H25N5O/c1-2-15-14-11-16-13(10-17-14)12-19-5-3-4-18(6-7-19)8-9-20/h10-11,20H,2-9,12H2,1H3,(H,15,17). The number of nitrogens with zero attached hydrogens (tertiary/aromatic N) is 4. The number of hydrogen-bond donors (Lipinski definition) is 2. The summed E-state index contributed by atoms with van der Waals surface area (Å²) in [5.74, 6) is 0.834. The zero-order valence-electron chi connectivity index (χ0n) is 12.3. The quantitative estimate of drug-likeness (QED) is 0.786. The molecular weight excluding hydrogens is 254 g/mol. The summed E-state index contributed by atoms with van der Waals surface area (Å²) >= 11 is 0. The molecule has 0 saturated carbocycles. The Morgan fingerprint density at radius 1 is 1.15 bits per heavy atom. The van der Waals surface area contributed by atoms with E-state index in [0.29, 0.717) is 0 Å². The maximum absolute atomic E-state index is 9.00. The van der Waals surface area contributed by atoms with Crippen LogP contribution in [-0.4, -0.2) is 70.7 Å². The van der Waals surface area contributed by atoms with Crippen LogP contribution in [0, 0.1) is 0 Å². The molecule has 1 aliphatic heterocycles. The van der Waals surface area contributed by atoms with E-state index in [2.05, 4.69) is 25.1 Å². The molecule has 0 atom stereocenters. The maximum atomic E-state index is 9.00. The number of anilines is 1. The van der Waals surface area contributed by atoms with Gasteiger partial charge in [0.15, 0.2) is 0 Å². The van der Waals surface area contributed by atoms with Crippen LogP contribution in [-0.2, 0) is 6.54 Å². The number of aliphatic hydroxyl groups is 1. The highest BCUT2D eigenvalue weighted by Gasteiger charge is 2.14. The molecule has 6 nitrogen and oxygen atoms in total. The van der Waals surface area contributed by atoms with E-state index in [0.717, 1.165) is 63.7 Å². The van der Waals surface area contributed by atoms with Crippen LogP contribution in [0.25, 0.3) is 0 Å². The first-order chi connectivity index (χ1) is 9.81. The van der Waals surface area contributed by atoms with E-state index in [-0.39, 0.29) is 6.61 Å². The average molecular weight is 279 g/mol. The van der Waals surface area contributed by atoms with E-state index in [9.17, 15) is 0 Å². The predicted molar refractivity (Wildman–Crippen MR) is 79.6 cm³/mol. The van der Waals surface area contributed by atoms with Gasteiger partial charge in [-0.2, -0.15) is 0 Å². The smallest absolute Gasteiger partial charge is 0.144 e. The lowest BCUT2D eigenvalue weighted by atomic mass is 10.3. The van der Waals surface area contributed by atoms with Gasteiger partial charge in [-0.25, -0.2) is 4.98 Å². The van der Waals surface area contributed by atoms with Crippen LogP contribution >= 0.6 is 0 Å². The molecule has 0 spiro atoms. The van der Waals surface area contributed by atoms with E-state index in [1.807, 2.05) is 13.1 Å². The second-order valence-electron chi connectivity index (χ2n) is 5.12. The van der Waals surface area contributed by atoms with Crippen molar-refractivity contribution in [3.8, 4) is 0 Å². The summed E-state index contributed by atoms with van der Waals surface area (Å²) in [5.41, 5.74) is 1.02. The summed E-state index contributed by atoms with van der Waals surface area (Å²) in [6.45, 7) is 8.99. The fourth-order valence-corrected chi connectivity index (χ4v) is 2.49. The van der Waals surface area contributed by atoms with Gasteiger partial charge in [-0.3, -0.25) is 14.8 Å². The molecule has 1 aromatic heterocycles. The Bertz CT molecular complexity index is 384. The van der Waals surface area contributed by atoms with Gasteiger partial charge in [-0.15, -0.1) is 0 Å². The third-order valence-corrected chi connectivity index (χ3v) is 3.55. The van der Waals surface area contributed by atoms with Gasteiger partial charge in [-0.1, -0.05) is 0 Å². The Balaban J connectivity index is 1.83. The van der Waals surface area contributed by atoms with Crippen molar-refractivity contribution in [2.24, 2.45) is 0 Å². The maximum Gasteiger partial charge on any atom is 0.144 e. The predicted octanol–water partition coefficient (Wildman–Crippen LogP) is 0.408. The zero-order chi connectivity index (χ0) is 14.2. The zero-order valence-corrected chi connectivity index (χ0v) is 12.3. The number of β-amino-alcohol motifs (C(OH)–C–C–N with tert-alkyl or cyclic N) is 1. The first-order valence-corrected chi connectivity index (χ1v) is 7.42. The largest absolute Gasteiger partial charge is 0.395 e. The van der Waals surface area contributed by atoms with E-state index in [1.165, 1.54) is 0 Å². The average Bonchev–Trinajstić information content (AvgIpc) is 2.68. The van der Waals surface area contributed by atoms with E-state index in [1.54, 1.807) is 6.20 Å². The molecule has 2 heterocycles. The van der Waals surface area contributed by atoms with Gasteiger partial charge in [0.2, 0.25) is 0 Å². The molecule has 112 valence electrons. The monoisotopic (exact) mass is 279 g/mol. The van der Waals surface area contributed by atoms with E-state index >= 15 is 0 Å². The molecule has 0 amide bonds. The minimum absolute atomic E-state index is 0.247. The van der Waals surface area contributed by atoms with Crippen molar-refractivity contribution < 1.29 is 5.11 Å². The highest BCUT2D eigenvalue weighted by Crippen LogP contribution is 2.08. The Labute approximate surface area is 120 Å². The third kappa shape index (κ3) is 4.70. The Hall–Kier alpha value is -1.24. The summed E-state index contributed by atoms with van der Waals surface area (Å²) in [6.07, 6.45) is 4.80. The Kier molecular flexibility index (Phi) is 6.17. The van der Waals surface area contributed by atoms with Crippen LogP contribution in [0.5, 0.6) is 0 Å². The fourth-order valence-electron chi connectivity index (χ4n) is 2.49. The topological polar surface area (TPSA) is 64.5 Å². The Morgan fingerprint density at radius 2 is 1.95 bits per heavy atom. The van der Waals surface area contributed by atoms with E-state index < -0.39 is 0 Å². The molecule has 0 unspecified atom stereocenters. The number of aromatic nitrogens is 2. The normalized spacial score (nSPS) is 17.9. The van der Waals surface area contributed by atoms with Crippen molar-refractivity contribution in [2.75, 3.05) is 51.2 Å². The third-order valence-electron chi connectivity index (χ3n) is 3.55. The SMILES string of the molecule is CCNc1cnc(CN2CCCN(CCO)CC2)cn1. The van der Waals surface area contributed by atoms with Crippen LogP contribution in [0.3, 0.4) is 0 Å². The molecule has 2 rings (SSSR count). The minimum Gasteiger partial charge on any atom is -0.395 e. The van der Waals surface area contributed by atoms with Gasteiger partial charge in [-0.05, 0) is 26.4 Å². The lowest BCUT2D eigenvalue weighted by molar-refractivity contribution is 0.195. The highest BCUT2D eigenvalue weighted by atomic mass is 16.3. The molecule has 0 bridgehead atoms. The van der Waals surface area contributed by atoms with Crippen molar-refractivity contribution in [1.82, 2.24) is 19.8 Å². The lowest BCUT2D eigenvalue weighted by Gasteiger charge is -2.20. The van der Waals surface area contributed by atoms with Crippen LogP contribution in [0.15, 0.2) is 12.4 Å². The summed E-state index contributed by atoms with van der Waals surface area (Å²) < 4.78 is 0. The van der Waals surface area contributed by atoms with Crippen LogP contribution in [0.1, 0.15) is 19.0 Å². The number of rotatable bonds is 6. The number of nitrogens with one attached hydrogen (secondary N) is 1. The van der Waals surface area contributed by atoms with Gasteiger partial charge >= 0.3 is 0 Å². The van der Waals surface area contributed by atoms with Crippen molar-refractivity contribution >= 4 is 5.82 Å². The summed E-state index contributed by atoms with van der Waals surface area (Å²) in [7, 11) is 0. The van der Waals surface area contributed by atoms with Gasteiger partial charge in [0.25, 0.3) is 0 Å². The highest BCUT2D eigenvalue weighted by molar-refractivity contribution is 5.30. The van der Waals surface area contributed by atoms with Gasteiger partial charge in [0.05, 0.1) is 24.7 Å². The summed E-state index contributed by atoms with van der Waals surface area (Å²) in [6, 6.07) is 0. The lowest BCUT2D eigenvalue weighted by Crippen LogP contribution is -2.32. The van der Waals surface area contributed by atoms with Gasteiger partial charge in [0, 0.05) is 32.7 Å². The molecule has 1 aromatic rings.